The minimum Gasteiger partial charge on any atom is -0.301 e. The van der Waals surface area contributed by atoms with Crippen LogP contribution in [0.3, 0.4) is 0 Å². The van der Waals surface area contributed by atoms with Crippen LogP contribution in [0.25, 0.3) is 0 Å². The van der Waals surface area contributed by atoms with Gasteiger partial charge < -0.3 is 4.90 Å². The normalized spacial score (nSPS) is 15.4. The van der Waals surface area contributed by atoms with Crippen LogP contribution in [-0.2, 0) is 33.3 Å². The lowest BCUT2D eigenvalue weighted by Gasteiger charge is -2.33. The van der Waals surface area contributed by atoms with Crippen molar-refractivity contribution in [3.05, 3.63) is 96.4 Å². The molecule has 282 valence electrons. The van der Waals surface area contributed by atoms with Gasteiger partial charge >= 0.3 is 0 Å². The Morgan fingerprint density at radius 3 is 1.86 bits per heavy atom. The van der Waals surface area contributed by atoms with Crippen LogP contribution in [0.15, 0.2) is 53.4 Å². The van der Waals surface area contributed by atoms with Crippen LogP contribution >= 0.6 is 46.4 Å². The molecule has 8 nitrogen and oxygen atoms in total. The van der Waals surface area contributed by atoms with Crippen LogP contribution in [0.4, 0.5) is 0 Å². The van der Waals surface area contributed by atoms with Crippen molar-refractivity contribution in [3.8, 4) is 0 Å². The van der Waals surface area contributed by atoms with Gasteiger partial charge in [0.2, 0.25) is 10.0 Å². The van der Waals surface area contributed by atoms with E-state index in [1.54, 1.807) is 30.3 Å². The van der Waals surface area contributed by atoms with E-state index in [9.17, 15) is 16.8 Å². The first kappa shape index (κ1) is 42.3. The SMILES string of the molecule is Cc1cc(Cl)cc(Cl)c1CN(C)S(=O)(=O)NCCCCCCCCCCCCNS(=O)(=O)c1ccc(C2CN(C)Cc3c(Cl)cc(Cl)cc32)cc1. The van der Waals surface area contributed by atoms with Crippen molar-refractivity contribution in [1.82, 2.24) is 18.6 Å². The van der Waals surface area contributed by atoms with Gasteiger partial charge in [0.25, 0.3) is 10.2 Å². The molecule has 0 fully saturated rings. The third kappa shape index (κ3) is 12.6. The maximum Gasteiger partial charge on any atom is 0.279 e. The number of hydrogen-bond acceptors (Lipinski definition) is 5. The first-order chi connectivity index (χ1) is 24.2. The van der Waals surface area contributed by atoms with Crippen molar-refractivity contribution in [2.45, 2.75) is 95.0 Å². The molecule has 1 aliphatic heterocycles. The molecule has 2 N–H and O–H groups in total. The molecule has 14 heteroatoms. The summed E-state index contributed by atoms with van der Waals surface area (Å²) in [5, 5.41) is 2.24. The molecule has 0 amide bonds. The highest BCUT2D eigenvalue weighted by Gasteiger charge is 2.27. The second-order valence-corrected chi connectivity index (χ2v) is 18.9. The molecular formula is C37H50Cl4N4O4S2. The summed E-state index contributed by atoms with van der Waals surface area (Å²) in [5.41, 5.74) is 4.77. The molecule has 3 aromatic carbocycles. The van der Waals surface area contributed by atoms with Crippen LogP contribution in [0.5, 0.6) is 0 Å². The van der Waals surface area contributed by atoms with Crippen LogP contribution in [0.2, 0.25) is 20.1 Å². The number of hydrogen-bond donors (Lipinski definition) is 2. The maximum absolute atomic E-state index is 12.9. The monoisotopic (exact) mass is 818 g/mol. The minimum atomic E-state index is -3.61. The van der Waals surface area contributed by atoms with Crippen molar-refractivity contribution in [3.63, 3.8) is 0 Å². The Hall–Kier alpha value is -1.44. The molecule has 51 heavy (non-hydrogen) atoms. The van der Waals surface area contributed by atoms with Gasteiger partial charge in [-0.05, 0) is 91.0 Å². The molecule has 0 aliphatic carbocycles. The highest BCUT2D eigenvalue weighted by atomic mass is 35.5. The summed E-state index contributed by atoms with van der Waals surface area (Å²) in [4.78, 5) is 2.47. The standard InChI is InChI=1S/C37H50Cl4N4O4S2/c1-27-20-29(38)22-36(40)33(27)26-45(3)51(48,49)43-19-13-11-9-7-5-4-6-8-10-12-18-42-50(46,47)31-16-14-28(15-17-31)34-24-44(2)25-35-32(34)21-30(39)23-37(35)41/h14-17,20-23,34,42-43H,4-13,18-19,24-26H2,1-3H3. The molecule has 0 bridgehead atoms. The zero-order chi connectivity index (χ0) is 37.2. The van der Waals surface area contributed by atoms with Crippen molar-refractivity contribution in [2.75, 3.05) is 33.7 Å². The molecule has 0 saturated carbocycles. The summed E-state index contributed by atoms with van der Waals surface area (Å²) in [5.74, 6) is 0.0541. The van der Waals surface area contributed by atoms with Gasteiger partial charge in [0.05, 0.1) is 4.90 Å². The Morgan fingerprint density at radius 1 is 0.745 bits per heavy atom. The van der Waals surface area contributed by atoms with Crippen LogP contribution in [-0.4, -0.2) is 59.8 Å². The quantitative estimate of drug-likeness (QED) is 0.111. The Kier molecular flexibility index (Phi) is 16.4. The first-order valence-corrected chi connectivity index (χ1v) is 22.0. The number of benzene rings is 3. The number of sulfonamides is 1. The molecule has 1 aliphatic rings. The van der Waals surface area contributed by atoms with Gasteiger partial charge in [-0.15, -0.1) is 0 Å². The number of rotatable bonds is 20. The Morgan fingerprint density at radius 2 is 1.27 bits per heavy atom. The topological polar surface area (TPSA) is 98.8 Å². The highest BCUT2D eigenvalue weighted by molar-refractivity contribution is 7.89. The molecule has 0 saturated heterocycles. The summed E-state index contributed by atoms with van der Waals surface area (Å²) in [7, 11) is -3.61. The van der Waals surface area contributed by atoms with E-state index in [2.05, 4.69) is 21.4 Å². The van der Waals surface area contributed by atoms with Gasteiger partial charge in [0.1, 0.15) is 0 Å². The number of likely N-dealkylation sites (N-methyl/N-ethyl adjacent to an activating group) is 1. The molecule has 0 aromatic heterocycles. The average Bonchev–Trinajstić information content (AvgIpc) is 3.06. The molecule has 4 rings (SSSR count). The lowest BCUT2D eigenvalue weighted by Crippen LogP contribution is -2.38. The summed E-state index contributed by atoms with van der Waals surface area (Å²) in [6.45, 7) is 4.38. The van der Waals surface area contributed by atoms with E-state index in [1.165, 1.54) is 11.4 Å². The van der Waals surface area contributed by atoms with Crippen molar-refractivity contribution in [1.29, 1.82) is 0 Å². The number of unbranched alkanes of at least 4 members (excludes halogenated alkanes) is 9. The zero-order valence-electron chi connectivity index (χ0n) is 29.7. The largest absolute Gasteiger partial charge is 0.301 e. The Labute approximate surface area is 325 Å². The second-order valence-electron chi connectivity index (χ2n) is 13.5. The predicted octanol–water partition coefficient (Wildman–Crippen LogP) is 9.33. The number of nitrogens with zero attached hydrogens (tertiary/aromatic N) is 2. The molecule has 1 heterocycles. The molecule has 1 atom stereocenters. The van der Waals surface area contributed by atoms with E-state index in [0.29, 0.717) is 33.2 Å². The fourth-order valence-corrected chi connectivity index (χ4v) is 9.74. The fraction of sp³-hybridized carbons (Fsp3) is 0.514. The molecular weight excluding hydrogens is 770 g/mol. The average molecular weight is 821 g/mol. The van der Waals surface area contributed by atoms with Gasteiger partial charge in [-0.1, -0.05) is 110 Å². The van der Waals surface area contributed by atoms with E-state index in [4.69, 9.17) is 46.4 Å². The van der Waals surface area contributed by atoms with Crippen LogP contribution in [0, 0.1) is 6.92 Å². The van der Waals surface area contributed by atoms with Crippen LogP contribution < -0.4 is 9.44 Å². The molecule has 1 unspecified atom stereocenters. The van der Waals surface area contributed by atoms with Crippen molar-refractivity contribution >= 4 is 66.6 Å². The Bertz CT molecular complexity index is 1800. The first-order valence-electron chi connectivity index (χ1n) is 17.6. The third-order valence-corrected chi connectivity index (χ3v) is 13.5. The zero-order valence-corrected chi connectivity index (χ0v) is 34.3. The Balaban J connectivity index is 1.04. The van der Waals surface area contributed by atoms with Crippen molar-refractivity contribution in [2.24, 2.45) is 0 Å². The smallest absolute Gasteiger partial charge is 0.279 e. The summed E-state index contributed by atoms with van der Waals surface area (Å²) >= 11 is 25.1. The predicted molar refractivity (Wildman–Crippen MR) is 212 cm³/mol. The minimum absolute atomic E-state index is 0.0541. The summed E-state index contributed by atoms with van der Waals surface area (Å²) < 4.78 is 57.9. The van der Waals surface area contributed by atoms with E-state index >= 15 is 0 Å². The van der Waals surface area contributed by atoms with E-state index in [-0.39, 0.29) is 17.4 Å². The number of aryl methyl sites for hydroxylation is 1. The molecule has 0 spiro atoms. The highest BCUT2D eigenvalue weighted by Crippen LogP contribution is 2.38. The molecule has 0 radical (unpaired) electrons. The fourth-order valence-electron chi connectivity index (χ4n) is 6.52. The van der Waals surface area contributed by atoms with Gasteiger partial charge in [0.15, 0.2) is 0 Å². The number of nitrogens with one attached hydrogen (secondary N) is 2. The number of halogens is 4. The van der Waals surface area contributed by atoms with E-state index < -0.39 is 20.2 Å². The van der Waals surface area contributed by atoms with Crippen molar-refractivity contribution < 1.29 is 16.8 Å². The van der Waals surface area contributed by atoms with E-state index in [0.717, 1.165) is 105 Å². The summed E-state index contributed by atoms with van der Waals surface area (Å²) in [6, 6.07) is 14.3. The van der Waals surface area contributed by atoms with Gasteiger partial charge in [-0.3, -0.25) is 0 Å². The molecule has 3 aromatic rings. The summed E-state index contributed by atoms with van der Waals surface area (Å²) in [6.07, 6.45) is 10.2. The van der Waals surface area contributed by atoms with Gasteiger partial charge in [-0.25, -0.2) is 17.9 Å². The maximum atomic E-state index is 12.9. The van der Waals surface area contributed by atoms with E-state index in [1.807, 2.05) is 25.1 Å². The lowest BCUT2D eigenvalue weighted by molar-refractivity contribution is 0.295. The van der Waals surface area contributed by atoms with Gasteiger partial charge in [0, 0.05) is 65.8 Å². The lowest BCUT2D eigenvalue weighted by atomic mass is 9.85. The third-order valence-electron chi connectivity index (χ3n) is 9.44. The van der Waals surface area contributed by atoms with Crippen LogP contribution in [0.1, 0.15) is 97.9 Å². The number of fused-ring (bicyclic) bond motifs is 1. The van der Waals surface area contributed by atoms with Gasteiger partial charge in [-0.2, -0.15) is 12.7 Å². The second kappa shape index (κ2) is 19.8.